The van der Waals surface area contributed by atoms with Crippen molar-refractivity contribution >= 4 is 23.4 Å². The van der Waals surface area contributed by atoms with Crippen molar-refractivity contribution in [3.05, 3.63) is 59.7 Å². The summed E-state index contributed by atoms with van der Waals surface area (Å²) >= 11 is 0. The first-order valence-corrected chi connectivity index (χ1v) is 6.96. The lowest BCUT2D eigenvalue weighted by molar-refractivity contribution is -0.111. The molecule has 2 rings (SSSR count). The van der Waals surface area contributed by atoms with Crippen LogP contribution in [0.1, 0.15) is 12.5 Å². The second-order valence-electron chi connectivity index (χ2n) is 4.68. The Labute approximate surface area is 132 Å². The summed E-state index contributed by atoms with van der Waals surface area (Å²) in [5.74, 6) is -1.51. The summed E-state index contributed by atoms with van der Waals surface area (Å²) in [6.07, 6.45) is 2.76. The molecule has 0 fully saturated rings. The molecule has 0 aliphatic rings. The number of ether oxygens (including phenoxy) is 1. The highest BCUT2D eigenvalue weighted by Gasteiger charge is 2.06. The Hall–Kier alpha value is -2.89. The Bertz CT molecular complexity index is 745. The van der Waals surface area contributed by atoms with Crippen molar-refractivity contribution in [2.75, 3.05) is 17.7 Å². The number of nitrogen functional groups attached to an aromatic ring is 1. The minimum Gasteiger partial charge on any atom is -0.492 e. The average Bonchev–Trinajstić information content (AvgIpc) is 2.51. The molecule has 2 aromatic carbocycles. The van der Waals surface area contributed by atoms with Crippen molar-refractivity contribution < 1.29 is 18.3 Å². The highest BCUT2D eigenvalue weighted by atomic mass is 19.1. The minimum absolute atomic E-state index is 0.0905. The number of anilines is 2. The summed E-state index contributed by atoms with van der Waals surface area (Å²) in [5.41, 5.74) is 6.89. The number of rotatable bonds is 5. The monoisotopic (exact) mass is 318 g/mol. The van der Waals surface area contributed by atoms with E-state index in [0.29, 0.717) is 29.7 Å². The first-order chi connectivity index (χ1) is 11.0. The van der Waals surface area contributed by atoms with Gasteiger partial charge in [0.2, 0.25) is 5.91 Å². The largest absolute Gasteiger partial charge is 0.492 e. The SMILES string of the molecule is CCOc1ccc(/C=C\C(=O)Nc2ccc(F)cc2F)cc1N. The lowest BCUT2D eigenvalue weighted by Gasteiger charge is -2.07. The predicted octanol–water partition coefficient (Wildman–Crippen LogP) is 3.60. The van der Waals surface area contributed by atoms with Gasteiger partial charge in [0.15, 0.2) is 0 Å². The lowest BCUT2D eigenvalue weighted by atomic mass is 10.1. The van der Waals surface area contributed by atoms with Crippen molar-refractivity contribution in [3.63, 3.8) is 0 Å². The summed E-state index contributed by atoms with van der Waals surface area (Å²) in [6.45, 7) is 2.36. The van der Waals surface area contributed by atoms with E-state index in [1.165, 1.54) is 12.2 Å². The van der Waals surface area contributed by atoms with Gasteiger partial charge in [0.05, 0.1) is 18.0 Å². The molecule has 0 aliphatic heterocycles. The molecular formula is C17H16F2N2O2. The molecule has 0 radical (unpaired) electrons. The van der Waals surface area contributed by atoms with Gasteiger partial charge < -0.3 is 15.8 Å². The van der Waals surface area contributed by atoms with Gasteiger partial charge in [0, 0.05) is 12.1 Å². The van der Waals surface area contributed by atoms with Gasteiger partial charge in [0.1, 0.15) is 17.4 Å². The van der Waals surface area contributed by atoms with Crippen LogP contribution < -0.4 is 15.8 Å². The molecule has 0 aliphatic carbocycles. The van der Waals surface area contributed by atoms with Crippen LogP contribution in [0.5, 0.6) is 5.75 Å². The van der Waals surface area contributed by atoms with E-state index in [4.69, 9.17) is 10.5 Å². The van der Waals surface area contributed by atoms with E-state index in [9.17, 15) is 13.6 Å². The number of carbonyl (C=O) groups excluding carboxylic acids is 1. The summed E-state index contributed by atoms with van der Waals surface area (Å²) < 4.78 is 31.5. The molecule has 3 N–H and O–H groups in total. The summed E-state index contributed by atoms with van der Waals surface area (Å²) in [6, 6.07) is 8.03. The Morgan fingerprint density at radius 1 is 1.26 bits per heavy atom. The fourth-order valence-corrected chi connectivity index (χ4v) is 1.89. The third kappa shape index (κ3) is 4.54. The van der Waals surface area contributed by atoms with E-state index in [1.807, 2.05) is 6.92 Å². The maximum absolute atomic E-state index is 13.4. The number of nitrogens with one attached hydrogen (secondary N) is 1. The van der Waals surface area contributed by atoms with Gasteiger partial charge >= 0.3 is 0 Å². The highest BCUT2D eigenvalue weighted by Crippen LogP contribution is 2.23. The second kappa shape index (κ2) is 7.40. The standard InChI is InChI=1S/C17H16F2N2O2/c1-2-23-16-7-3-11(9-14(16)20)4-8-17(22)21-15-6-5-12(18)10-13(15)19/h3-10H,2,20H2,1H3,(H,21,22)/b8-4-. The van der Waals surface area contributed by atoms with E-state index in [2.05, 4.69) is 5.32 Å². The maximum atomic E-state index is 13.4. The molecule has 0 unspecified atom stereocenters. The Balaban J connectivity index is 2.04. The fourth-order valence-electron chi connectivity index (χ4n) is 1.89. The number of hydrogen-bond acceptors (Lipinski definition) is 3. The van der Waals surface area contributed by atoms with Gasteiger partial charge in [0.25, 0.3) is 0 Å². The molecule has 2 aromatic rings. The van der Waals surface area contributed by atoms with Crippen LogP contribution in [-0.4, -0.2) is 12.5 Å². The topological polar surface area (TPSA) is 64.3 Å². The number of carbonyl (C=O) groups is 1. The summed E-state index contributed by atoms with van der Waals surface area (Å²) in [4.78, 5) is 11.8. The lowest BCUT2D eigenvalue weighted by Crippen LogP contribution is -2.09. The van der Waals surface area contributed by atoms with Gasteiger partial charge in [-0.2, -0.15) is 0 Å². The van der Waals surface area contributed by atoms with Crippen LogP contribution in [0.3, 0.4) is 0 Å². The van der Waals surface area contributed by atoms with E-state index in [0.717, 1.165) is 12.1 Å². The molecule has 0 bridgehead atoms. The third-order valence-electron chi connectivity index (χ3n) is 2.95. The minimum atomic E-state index is -0.836. The normalized spacial score (nSPS) is 10.7. The number of benzene rings is 2. The fraction of sp³-hybridized carbons (Fsp3) is 0.118. The first kappa shape index (κ1) is 16.5. The molecule has 1 amide bonds. The van der Waals surface area contributed by atoms with E-state index in [1.54, 1.807) is 18.2 Å². The molecular weight excluding hydrogens is 302 g/mol. The number of nitrogens with two attached hydrogens (primary N) is 1. The van der Waals surface area contributed by atoms with Crippen LogP contribution >= 0.6 is 0 Å². The molecule has 0 atom stereocenters. The highest BCUT2D eigenvalue weighted by molar-refractivity contribution is 6.02. The molecule has 0 saturated carbocycles. The second-order valence-corrected chi connectivity index (χ2v) is 4.68. The zero-order valence-electron chi connectivity index (χ0n) is 12.5. The Kier molecular flexibility index (Phi) is 5.30. The van der Waals surface area contributed by atoms with Crippen LogP contribution in [0.15, 0.2) is 42.5 Å². The Morgan fingerprint density at radius 2 is 2.04 bits per heavy atom. The molecule has 0 aromatic heterocycles. The molecule has 4 nitrogen and oxygen atoms in total. The van der Waals surface area contributed by atoms with Crippen molar-refractivity contribution in [3.8, 4) is 5.75 Å². The van der Waals surface area contributed by atoms with E-state index < -0.39 is 17.5 Å². The molecule has 6 heteroatoms. The molecule has 0 heterocycles. The third-order valence-corrected chi connectivity index (χ3v) is 2.95. The molecule has 120 valence electrons. The number of hydrogen-bond donors (Lipinski definition) is 2. The zero-order chi connectivity index (χ0) is 16.8. The average molecular weight is 318 g/mol. The summed E-state index contributed by atoms with van der Waals surface area (Å²) in [5, 5.41) is 2.33. The number of amides is 1. The van der Waals surface area contributed by atoms with E-state index in [-0.39, 0.29) is 5.69 Å². The quantitative estimate of drug-likeness (QED) is 0.654. The van der Waals surface area contributed by atoms with Crippen LogP contribution in [0, 0.1) is 11.6 Å². The van der Waals surface area contributed by atoms with Crippen LogP contribution in [0.4, 0.5) is 20.2 Å². The van der Waals surface area contributed by atoms with E-state index >= 15 is 0 Å². The van der Waals surface area contributed by atoms with Crippen LogP contribution in [0.25, 0.3) is 6.08 Å². The predicted molar refractivity (Wildman–Crippen MR) is 86.0 cm³/mol. The molecule has 0 spiro atoms. The Morgan fingerprint density at radius 3 is 2.70 bits per heavy atom. The van der Waals surface area contributed by atoms with Crippen molar-refractivity contribution in [1.82, 2.24) is 0 Å². The smallest absolute Gasteiger partial charge is 0.248 e. The number of halogens is 2. The van der Waals surface area contributed by atoms with Gasteiger partial charge in [-0.25, -0.2) is 8.78 Å². The van der Waals surface area contributed by atoms with Crippen molar-refractivity contribution in [1.29, 1.82) is 0 Å². The van der Waals surface area contributed by atoms with Gasteiger partial charge in [-0.1, -0.05) is 6.07 Å². The van der Waals surface area contributed by atoms with Gasteiger partial charge in [-0.05, 0) is 42.8 Å². The summed E-state index contributed by atoms with van der Waals surface area (Å²) in [7, 11) is 0. The van der Waals surface area contributed by atoms with Gasteiger partial charge in [-0.3, -0.25) is 4.79 Å². The first-order valence-electron chi connectivity index (χ1n) is 6.96. The molecule has 23 heavy (non-hydrogen) atoms. The van der Waals surface area contributed by atoms with Crippen LogP contribution in [0.2, 0.25) is 0 Å². The van der Waals surface area contributed by atoms with Gasteiger partial charge in [-0.15, -0.1) is 0 Å². The van der Waals surface area contributed by atoms with Crippen molar-refractivity contribution in [2.24, 2.45) is 0 Å². The van der Waals surface area contributed by atoms with Crippen molar-refractivity contribution in [2.45, 2.75) is 6.92 Å². The zero-order valence-corrected chi connectivity index (χ0v) is 12.5. The molecule has 0 saturated heterocycles. The van der Waals surface area contributed by atoms with Crippen LogP contribution in [-0.2, 0) is 4.79 Å². The maximum Gasteiger partial charge on any atom is 0.248 e.